The average Bonchev–Trinajstić information content (AvgIpc) is 3.56. The maximum absolute atomic E-state index is 13.4. The molecule has 0 saturated carbocycles. The van der Waals surface area contributed by atoms with E-state index in [1.807, 2.05) is 6.92 Å². The average molecular weight is 648 g/mol. The third-order valence-corrected chi connectivity index (χ3v) is 8.05. The molecule has 4 aromatic rings. The number of thioether (sulfide) groups is 2. The highest BCUT2D eigenvalue weighted by atomic mass is 32.2. The van der Waals surface area contributed by atoms with Crippen molar-refractivity contribution in [2.75, 3.05) is 16.8 Å². The Hall–Kier alpha value is -3.64. The molecule has 0 aliphatic rings. The van der Waals surface area contributed by atoms with Crippen molar-refractivity contribution >= 4 is 51.8 Å². The summed E-state index contributed by atoms with van der Waals surface area (Å²) in [5.41, 5.74) is -2.81. The van der Waals surface area contributed by atoms with Gasteiger partial charge < -0.3 is 5.32 Å². The van der Waals surface area contributed by atoms with Crippen molar-refractivity contribution < 1.29 is 35.9 Å². The molecule has 2 aromatic heterocycles. The number of carbonyl (C=O) groups is 2. The van der Waals surface area contributed by atoms with Crippen LogP contribution in [0.2, 0.25) is 0 Å². The van der Waals surface area contributed by atoms with Gasteiger partial charge in [0.25, 0.3) is 5.91 Å². The van der Waals surface area contributed by atoms with Gasteiger partial charge in [-0.15, -0.1) is 20.4 Å². The fraction of sp³-hybridized carbons (Fsp3) is 0.250. The molecule has 0 bridgehead atoms. The highest BCUT2D eigenvalue weighted by Gasteiger charge is 2.35. The molecule has 0 saturated heterocycles. The van der Waals surface area contributed by atoms with Crippen LogP contribution >= 0.6 is 34.9 Å². The Morgan fingerprint density at radius 1 is 0.929 bits per heavy atom. The number of aromatic nitrogens is 5. The van der Waals surface area contributed by atoms with Crippen LogP contribution in [0.15, 0.2) is 58.0 Å². The molecule has 0 fully saturated rings. The third-order valence-electron chi connectivity index (χ3n) is 5.27. The second-order valence-corrected chi connectivity index (χ2v) is 11.6. The zero-order valence-electron chi connectivity index (χ0n) is 21.3. The number of halogens is 6. The van der Waals surface area contributed by atoms with Crippen molar-refractivity contribution in [3.8, 4) is 5.69 Å². The molecule has 2 heterocycles. The second-order valence-electron chi connectivity index (χ2n) is 8.15. The minimum Gasteiger partial charge on any atom is -0.345 e. The first-order valence-electron chi connectivity index (χ1n) is 11.8. The van der Waals surface area contributed by atoms with Gasteiger partial charge in [-0.2, -0.15) is 26.3 Å². The summed E-state index contributed by atoms with van der Waals surface area (Å²) >= 11 is 3.46. The molecule has 2 amide bonds. The zero-order chi connectivity index (χ0) is 30.5. The Morgan fingerprint density at radius 3 is 2.40 bits per heavy atom. The van der Waals surface area contributed by atoms with Crippen LogP contribution in [0, 0.1) is 0 Å². The molecule has 2 aromatic carbocycles. The van der Waals surface area contributed by atoms with Crippen LogP contribution in [-0.4, -0.2) is 48.3 Å². The van der Waals surface area contributed by atoms with Crippen LogP contribution in [-0.2, 0) is 23.7 Å². The lowest BCUT2D eigenvalue weighted by atomic mass is 10.1. The molecule has 0 atom stereocenters. The first-order chi connectivity index (χ1) is 19.9. The third kappa shape index (κ3) is 7.80. The highest BCUT2D eigenvalue weighted by molar-refractivity contribution is 8.01. The number of rotatable bonds is 10. The van der Waals surface area contributed by atoms with Gasteiger partial charge in [0.1, 0.15) is 0 Å². The molecule has 222 valence electrons. The van der Waals surface area contributed by atoms with Crippen molar-refractivity contribution in [1.29, 1.82) is 0 Å². The Kier molecular flexibility index (Phi) is 9.78. The Bertz CT molecular complexity index is 1570. The first-order valence-corrected chi connectivity index (χ1v) is 14.6. The van der Waals surface area contributed by atoms with Gasteiger partial charge in [0, 0.05) is 0 Å². The van der Waals surface area contributed by atoms with E-state index in [1.54, 1.807) is 0 Å². The maximum Gasteiger partial charge on any atom is 0.417 e. The minimum atomic E-state index is -4.79. The van der Waals surface area contributed by atoms with Crippen LogP contribution in [0.3, 0.4) is 0 Å². The summed E-state index contributed by atoms with van der Waals surface area (Å²) in [6.07, 6.45) is -9.47. The number of benzene rings is 2. The summed E-state index contributed by atoms with van der Waals surface area (Å²) in [6.45, 7) is 1.45. The van der Waals surface area contributed by atoms with Crippen LogP contribution < -0.4 is 10.6 Å². The predicted octanol–water partition coefficient (Wildman–Crippen LogP) is 5.93. The molecule has 4 rings (SSSR count). The normalized spacial score (nSPS) is 11.9. The summed E-state index contributed by atoms with van der Waals surface area (Å²) in [6, 6.07) is 8.33. The van der Waals surface area contributed by atoms with Crippen molar-refractivity contribution in [1.82, 2.24) is 30.3 Å². The molecule has 18 heteroatoms. The molecular weight excluding hydrogens is 629 g/mol. The van der Waals surface area contributed by atoms with Gasteiger partial charge in [-0.25, -0.2) is 0 Å². The van der Waals surface area contributed by atoms with Crippen LogP contribution in [0.4, 0.5) is 31.5 Å². The predicted molar refractivity (Wildman–Crippen MR) is 145 cm³/mol. The Balaban J connectivity index is 1.57. The number of amides is 2. The number of nitrogens with one attached hydrogen (secondary N) is 2. The van der Waals surface area contributed by atoms with Gasteiger partial charge in [-0.05, 0) is 36.1 Å². The van der Waals surface area contributed by atoms with Gasteiger partial charge in [0.15, 0.2) is 15.3 Å². The van der Waals surface area contributed by atoms with E-state index in [-0.39, 0.29) is 27.6 Å². The quantitative estimate of drug-likeness (QED) is 0.124. The van der Waals surface area contributed by atoms with E-state index < -0.39 is 47.4 Å². The van der Waals surface area contributed by atoms with Gasteiger partial charge in [0.2, 0.25) is 11.0 Å². The van der Waals surface area contributed by atoms with E-state index in [4.69, 9.17) is 0 Å². The maximum atomic E-state index is 13.4. The molecule has 9 nitrogen and oxygen atoms in total. The summed E-state index contributed by atoms with van der Waals surface area (Å²) < 4.78 is 82.3. The number of nitrogens with zero attached hydrogens (tertiary/aromatic N) is 5. The topological polar surface area (TPSA) is 115 Å². The smallest absolute Gasteiger partial charge is 0.345 e. The van der Waals surface area contributed by atoms with E-state index in [0.29, 0.717) is 4.34 Å². The Labute approximate surface area is 246 Å². The summed E-state index contributed by atoms with van der Waals surface area (Å²) in [7, 11) is 0. The van der Waals surface area contributed by atoms with E-state index in [9.17, 15) is 35.9 Å². The van der Waals surface area contributed by atoms with E-state index >= 15 is 0 Å². The highest BCUT2D eigenvalue weighted by Crippen LogP contribution is 2.33. The lowest BCUT2D eigenvalue weighted by Crippen LogP contribution is -2.27. The fourth-order valence-corrected chi connectivity index (χ4v) is 5.94. The SMILES string of the molecule is CCSc1nnc(NC(=O)CSc2nnc(CNC(=O)c3ccccc3C(F)(F)F)n2-c2cccc(C(F)(F)F)c2)s1. The van der Waals surface area contributed by atoms with Gasteiger partial charge in [0.05, 0.1) is 34.7 Å². The fourth-order valence-electron chi connectivity index (χ4n) is 3.50. The molecule has 0 unspecified atom stereocenters. The summed E-state index contributed by atoms with van der Waals surface area (Å²) in [4.78, 5) is 25.2. The van der Waals surface area contributed by atoms with E-state index in [1.165, 1.54) is 39.8 Å². The summed E-state index contributed by atoms with van der Waals surface area (Å²) in [5.74, 6) is -1.13. The molecule has 0 aliphatic carbocycles. The zero-order valence-corrected chi connectivity index (χ0v) is 23.7. The standard InChI is InChI=1S/C24H19F6N7O2S3/c1-2-40-22-36-34-20(42-22)32-18(38)12-41-21-35-33-17(37(21)14-7-5-6-13(10-14)23(25,26)27)11-31-19(39)15-8-3-4-9-16(15)24(28,29)30/h3-10H,2,11-12H2,1H3,(H,31,39)(H,32,34,38). The molecule has 0 radical (unpaired) electrons. The molecule has 2 N–H and O–H groups in total. The van der Waals surface area contributed by atoms with Gasteiger partial charge in [-0.3, -0.25) is 19.5 Å². The summed E-state index contributed by atoms with van der Waals surface area (Å²) in [5, 5.41) is 20.8. The number of alkyl halides is 6. The van der Waals surface area contributed by atoms with Crippen molar-refractivity contribution in [2.45, 2.75) is 35.3 Å². The van der Waals surface area contributed by atoms with Gasteiger partial charge >= 0.3 is 12.4 Å². The van der Waals surface area contributed by atoms with Crippen LogP contribution in [0.25, 0.3) is 5.69 Å². The van der Waals surface area contributed by atoms with Crippen molar-refractivity contribution in [3.63, 3.8) is 0 Å². The number of hydrogen-bond donors (Lipinski definition) is 2. The molecule has 42 heavy (non-hydrogen) atoms. The molecule has 0 aliphatic heterocycles. The second kappa shape index (κ2) is 13.1. The lowest BCUT2D eigenvalue weighted by Gasteiger charge is -2.14. The Morgan fingerprint density at radius 2 is 1.69 bits per heavy atom. The van der Waals surface area contributed by atoms with Crippen LogP contribution in [0.5, 0.6) is 0 Å². The van der Waals surface area contributed by atoms with Crippen LogP contribution in [0.1, 0.15) is 34.2 Å². The monoisotopic (exact) mass is 647 g/mol. The number of hydrogen-bond acceptors (Lipinski definition) is 9. The lowest BCUT2D eigenvalue weighted by molar-refractivity contribution is -0.138. The number of carbonyl (C=O) groups excluding carboxylic acids is 2. The largest absolute Gasteiger partial charge is 0.417 e. The number of anilines is 1. The van der Waals surface area contributed by atoms with Crippen molar-refractivity contribution in [3.05, 3.63) is 71.0 Å². The van der Waals surface area contributed by atoms with Gasteiger partial charge in [-0.1, -0.05) is 60.0 Å². The van der Waals surface area contributed by atoms with Crippen molar-refractivity contribution in [2.24, 2.45) is 0 Å². The van der Waals surface area contributed by atoms with E-state index in [2.05, 4.69) is 31.0 Å². The molecule has 0 spiro atoms. The molecular formula is C24H19F6N7O2S3. The van der Waals surface area contributed by atoms with E-state index in [0.717, 1.165) is 53.9 Å². The minimum absolute atomic E-state index is 0.00362. The first kappa shape index (κ1) is 31.3.